The van der Waals surface area contributed by atoms with Gasteiger partial charge in [0.2, 0.25) is 5.91 Å². The van der Waals surface area contributed by atoms with Crippen LogP contribution >= 0.6 is 22.7 Å². The lowest BCUT2D eigenvalue weighted by atomic mass is 10.3. The fourth-order valence-corrected chi connectivity index (χ4v) is 4.65. The van der Waals surface area contributed by atoms with Gasteiger partial charge in [0.1, 0.15) is 9.88 Å². The molecule has 1 saturated heterocycles. The van der Waals surface area contributed by atoms with Crippen molar-refractivity contribution in [2.24, 2.45) is 0 Å². The molecule has 0 aliphatic carbocycles. The second-order valence-corrected chi connectivity index (χ2v) is 7.88. The number of hydrogen-bond donors (Lipinski definition) is 0. The number of aromatic nitrogens is 1. The first-order valence-electron chi connectivity index (χ1n) is 8.08. The molecule has 2 aromatic heterocycles. The van der Waals surface area contributed by atoms with E-state index in [0.717, 1.165) is 25.0 Å². The van der Waals surface area contributed by atoms with Crippen LogP contribution in [0.15, 0.2) is 36.4 Å². The number of rotatable bonds is 4. The van der Waals surface area contributed by atoms with Crippen molar-refractivity contribution >= 4 is 50.7 Å². The van der Waals surface area contributed by atoms with Crippen molar-refractivity contribution in [2.45, 2.75) is 12.8 Å². The van der Waals surface area contributed by atoms with Crippen molar-refractivity contribution in [3.63, 3.8) is 0 Å². The third kappa shape index (κ3) is 3.25. The van der Waals surface area contributed by atoms with E-state index in [1.165, 1.54) is 11.3 Å². The minimum absolute atomic E-state index is 0.208. The lowest BCUT2D eigenvalue weighted by molar-refractivity contribution is -0.143. The first-order chi connectivity index (χ1) is 12.6. The van der Waals surface area contributed by atoms with E-state index in [1.54, 1.807) is 17.4 Å². The number of para-hydroxylation sites is 1. The number of carbonyl (C=O) groups excluding carboxylic acids is 3. The quantitative estimate of drug-likeness (QED) is 0.643. The second-order valence-electron chi connectivity index (χ2n) is 5.77. The number of hydrogen-bond acceptors (Lipinski definition) is 7. The van der Waals surface area contributed by atoms with Gasteiger partial charge in [-0.15, -0.1) is 22.7 Å². The summed E-state index contributed by atoms with van der Waals surface area (Å²) >= 11 is 2.83. The van der Waals surface area contributed by atoms with E-state index in [1.807, 2.05) is 30.3 Å². The predicted molar refractivity (Wildman–Crippen MR) is 99.2 cm³/mol. The van der Waals surface area contributed by atoms with Crippen LogP contribution in [0.25, 0.3) is 20.1 Å². The molecular formula is C18H14N2O4S2. The maximum absolute atomic E-state index is 12.2. The molecule has 0 atom stereocenters. The van der Waals surface area contributed by atoms with Gasteiger partial charge in [0.15, 0.2) is 6.61 Å². The summed E-state index contributed by atoms with van der Waals surface area (Å²) in [4.78, 5) is 42.6. The summed E-state index contributed by atoms with van der Waals surface area (Å²) in [5.41, 5.74) is 0.922. The minimum atomic E-state index is -0.567. The van der Waals surface area contributed by atoms with Gasteiger partial charge in [0.05, 0.1) is 15.1 Å². The van der Waals surface area contributed by atoms with Crippen LogP contribution in [-0.4, -0.2) is 40.8 Å². The van der Waals surface area contributed by atoms with Crippen molar-refractivity contribution < 1.29 is 19.1 Å². The molecule has 0 radical (unpaired) electrons. The number of amides is 2. The average Bonchev–Trinajstić information content (AvgIpc) is 3.37. The van der Waals surface area contributed by atoms with Crippen LogP contribution in [0.1, 0.15) is 22.5 Å². The number of thiophene rings is 1. The molecule has 1 fully saturated rings. The highest BCUT2D eigenvalue weighted by Gasteiger charge is 2.27. The molecule has 26 heavy (non-hydrogen) atoms. The molecule has 132 valence electrons. The summed E-state index contributed by atoms with van der Waals surface area (Å²) in [6.07, 6.45) is 1.03. The van der Waals surface area contributed by atoms with Gasteiger partial charge in [-0.25, -0.2) is 9.78 Å². The summed E-state index contributed by atoms with van der Waals surface area (Å²) < 4.78 is 6.15. The van der Waals surface area contributed by atoms with Crippen molar-refractivity contribution in [1.82, 2.24) is 9.88 Å². The summed E-state index contributed by atoms with van der Waals surface area (Å²) in [7, 11) is 0. The molecule has 0 bridgehead atoms. The Morgan fingerprint density at radius 2 is 2.00 bits per heavy atom. The van der Waals surface area contributed by atoms with Gasteiger partial charge in [-0.3, -0.25) is 14.5 Å². The third-order valence-corrected chi connectivity index (χ3v) is 6.28. The number of fused-ring (bicyclic) bond motifs is 1. The fraction of sp³-hybridized carbons (Fsp3) is 0.222. The molecule has 6 nitrogen and oxygen atoms in total. The Morgan fingerprint density at radius 3 is 2.77 bits per heavy atom. The maximum atomic E-state index is 12.2. The maximum Gasteiger partial charge on any atom is 0.348 e. The highest BCUT2D eigenvalue weighted by Crippen LogP contribution is 2.34. The monoisotopic (exact) mass is 386 g/mol. The topological polar surface area (TPSA) is 76.6 Å². The number of carbonyl (C=O) groups is 3. The molecule has 0 unspecified atom stereocenters. The Bertz CT molecular complexity index is 974. The van der Waals surface area contributed by atoms with Crippen molar-refractivity contribution in [3.8, 4) is 9.88 Å². The average molecular weight is 386 g/mol. The molecule has 1 aromatic carbocycles. The highest BCUT2D eigenvalue weighted by molar-refractivity contribution is 7.26. The van der Waals surface area contributed by atoms with E-state index in [0.29, 0.717) is 24.3 Å². The minimum Gasteiger partial charge on any atom is -0.451 e. The van der Waals surface area contributed by atoms with Gasteiger partial charge in [-0.05, 0) is 30.7 Å². The van der Waals surface area contributed by atoms with Crippen molar-refractivity contribution in [3.05, 3.63) is 41.3 Å². The molecule has 0 saturated carbocycles. The van der Waals surface area contributed by atoms with E-state index < -0.39 is 18.5 Å². The number of imide groups is 1. The number of nitrogens with zero attached hydrogens (tertiary/aromatic N) is 2. The molecule has 3 heterocycles. The van der Waals surface area contributed by atoms with Crippen LogP contribution < -0.4 is 0 Å². The zero-order chi connectivity index (χ0) is 18.1. The fourth-order valence-electron chi connectivity index (χ4n) is 2.73. The zero-order valence-electron chi connectivity index (χ0n) is 13.6. The van der Waals surface area contributed by atoms with Gasteiger partial charge < -0.3 is 4.74 Å². The molecule has 0 spiro atoms. The van der Waals surface area contributed by atoms with Crippen LogP contribution in [0.5, 0.6) is 0 Å². The normalized spacial score (nSPS) is 14.2. The van der Waals surface area contributed by atoms with Gasteiger partial charge in [0.25, 0.3) is 5.91 Å². The zero-order valence-corrected chi connectivity index (χ0v) is 15.3. The van der Waals surface area contributed by atoms with E-state index >= 15 is 0 Å². The standard InChI is InChI=1S/C18H14N2O4S2/c21-15-6-3-9-20(15)16(22)10-24-18(23)14-8-7-13(25-14)17-19-11-4-1-2-5-12(11)26-17/h1-2,4-5,7-8H,3,6,9-10H2. The third-order valence-electron chi connectivity index (χ3n) is 4.01. The number of ether oxygens (including phenoxy) is 1. The van der Waals surface area contributed by atoms with Crippen LogP contribution in [-0.2, 0) is 14.3 Å². The summed E-state index contributed by atoms with van der Waals surface area (Å²) in [6.45, 7) is -0.0189. The van der Waals surface area contributed by atoms with Crippen LogP contribution in [0.3, 0.4) is 0 Å². The second kappa shape index (κ2) is 6.97. The largest absolute Gasteiger partial charge is 0.451 e. The number of likely N-dealkylation sites (tertiary alicyclic amines) is 1. The Balaban J connectivity index is 1.43. The smallest absolute Gasteiger partial charge is 0.348 e. The molecule has 1 aliphatic rings. The molecule has 3 aromatic rings. The number of esters is 1. The van der Waals surface area contributed by atoms with Gasteiger partial charge in [0, 0.05) is 13.0 Å². The van der Waals surface area contributed by atoms with Crippen molar-refractivity contribution in [2.75, 3.05) is 13.2 Å². The Labute approximate surface area is 157 Å². The first-order valence-corrected chi connectivity index (χ1v) is 9.71. The Morgan fingerprint density at radius 1 is 1.15 bits per heavy atom. The summed E-state index contributed by atoms with van der Waals surface area (Å²) in [6, 6.07) is 11.3. The van der Waals surface area contributed by atoms with E-state index in [4.69, 9.17) is 4.74 Å². The molecule has 8 heteroatoms. The van der Waals surface area contributed by atoms with Crippen LogP contribution in [0.2, 0.25) is 0 Å². The van der Waals surface area contributed by atoms with E-state index in [9.17, 15) is 14.4 Å². The Hall–Kier alpha value is -2.58. The molecule has 0 N–H and O–H groups in total. The number of thiazole rings is 1. The first kappa shape index (κ1) is 16.9. The SMILES string of the molecule is O=C(OCC(=O)N1CCCC1=O)c1ccc(-c2nc3ccccc3s2)s1. The lowest BCUT2D eigenvalue weighted by Crippen LogP contribution is -2.35. The predicted octanol–water partition coefficient (Wildman–Crippen LogP) is 3.33. The van der Waals surface area contributed by atoms with Crippen LogP contribution in [0.4, 0.5) is 0 Å². The summed E-state index contributed by atoms with van der Waals surface area (Å²) in [5.74, 6) is -1.24. The molecule has 2 amide bonds. The van der Waals surface area contributed by atoms with Crippen molar-refractivity contribution in [1.29, 1.82) is 0 Å². The molecule has 1 aliphatic heterocycles. The lowest BCUT2D eigenvalue weighted by Gasteiger charge is -2.12. The molecular weight excluding hydrogens is 372 g/mol. The van der Waals surface area contributed by atoms with Gasteiger partial charge >= 0.3 is 5.97 Å². The van der Waals surface area contributed by atoms with Gasteiger partial charge in [-0.2, -0.15) is 0 Å². The molecule has 4 rings (SSSR count). The van der Waals surface area contributed by atoms with Gasteiger partial charge in [-0.1, -0.05) is 12.1 Å². The van der Waals surface area contributed by atoms with E-state index in [2.05, 4.69) is 4.98 Å². The number of benzene rings is 1. The Kier molecular flexibility index (Phi) is 4.52. The van der Waals surface area contributed by atoms with Crippen LogP contribution in [0, 0.1) is 0 Å². The highest BCUT2D eigenvalue weighted by atomic mass is 32.1. The van der Waals surface area contributed by atoms with E-state index in [-0.39, 0.29) is 5.91 Å². The summed E-state index contributed by atoms with van der Waals surface area (Å²) in [5, 5.41) is 0.842.